The van der Waals surface area contributed by atoms with E-state index in [9.17, 15) is 4.79 Å². The summed E-state index contributed by atoms with van der Waals surface area (Å²) in [6.45, 7) is 2.03. The van der Waals surface area contributed by atoms with Crippen LogP contribution in [-0.2, 0) is 11.2 Å². The minimum Gasteiger partial charge on any atom is -0.284 e. The van der Waals surface area contributed by atoms with Crippen LogP contribution in [0.1, 0.15) is 18.9 Å². The number of aliphatic imine (C=N–C) groups is 1. The first-order valence-electron chi connectivity index (χ1n) is 5.12. The zero-order valence-corrected chi connectivity index (χ0v) is 9.46. The minimum atomic E-state index is -0.160. The number of thioether (sulfide) groups is 1. The van der Waals surface area contributed by atoms with Crippen molar-refractivity contribution in [2.45, 2.75) is 25.8 Å². The summed E-state index contributed by atoms with van der Waals surface area (Å²) < 4.78 is 0. The van der Waals surface area contributed by atoms with Gasteiger partial charge in [-0.25, -0.2) is 0 Å². The summed E-state index contributed by atoms with van der Waals surface area (Å²) in [5.74, 6) is 0. The van der Waals surface area contributed by atoms with E-state index in [1.807, 2.05) is 37.3 Å². The molecule has 2 rings (SSSR count). The van der Waals surface area contributed by atoms with Crippen LogP contribution in [0.15, 0.2) is 35.3 Å². The molecule has 0 amide bonds. The first-order valence-corrected chi connectivity index (χ1v) is 5.93. The van der Waals surface area contributed by atoms with Crippen LogP contribution in [0.2, 0.25) is 0 Å². The highest BCUT2D eigenvalue weighted by Gasteiger charge is 2.26. The average Bonchev–Trinajstić information content (AvgIpc) is 2.61. The topological polar surface area (TPSA) is 29.4 Å². The zero-order valence-electron chi connectivity index (χ0n) is 8.64. The Kier molecular flexibility index (Phi) is 3.21. The summed E-state index contributed by atoms with van der Waals surface area (Å²) in [4.78, 5) is 16.0. The third kappa shape index (κ3) is 2.48. The molecule has 3 heteroatoms. The van der Waals surface area contributed by atoms with Gasteiger partial charge in [0.05, 0.1) is 5.04 Å². The molecule has 1 aliphatic heterocycles. The van der Waals surface area contributed by atoms with Gasteiger partial charge >= 0.3 is 0 Å². The minimum absolute atomic E-state index is 0.160. The number of rotatable bonds is 3. The van der Waals surface area contributed by atoms with Gasteiger partial charge in [0, 0.05) is 6.42 Å². The molecule has 15 heavy (non-hydrogen) atoms. The third-order valence-electron chi connectivity index (χ3n) is 2.36. The highest BCUT2D eigenvalue weighted by Crippen LogP contribution is 2.24. The van der Waals surface area contributed by atoms with Crippen molar-refractivity contribution in [2.75, 3.05) is 0 Å². The maximum absolute atomic E-state index is 11.6. The second kappa shape index (κ2) is 4.62. The van der Waals surface area contributed by atoms with Crippen LogP contribution in [0.25, 0.3) is 0 Å². The van der Waals surface area contributed by atoms with Gasteiger partial charge in [0.2, 0.25) is 5.12 Å². The molecule has 0 spiro atoms. The van der Waals surface area contributed by atoms with Crippen molar-refractivity contribution in [3.63, 3.8) is 0 Å². The summed E-state index contributed by atoms with van der Waals surface area (Å²) in [7, 11) is 0. The molecule has 1 heterocycles. The van der Waals surface area contributed by atoms with Gasteiger partial charge in [-0.05, 0) is 23.7 Å². The summed E-state index contributed by atoms with van der Waals surface area (Å²) in [6, 6.07) is 9.88. The standard InChI is InChI=1S/C12H13NOS/c1-2-11-13-10(12(14)15-11)8-9-6-4-3-5-7-9/h3-7,10H,2,8H2,1H3. The molecule has 1 aromatic rings. The molecule has 1 unspecified atom stereocenters. The quantitative estimate of drug-likeness (QED) is 0.782. The molecule has 1 atom stereocenters. The maximum Gasteiger partial charge on any atom is 0.219 e. The SMILES string of the molecule is CCC1=NC(Cc2ccccc2)C(=O)S1. The normalized spacial score (nSPS) is 20.5. The maximum atomic E-state index is 11.6. The Morgan fingerprint density at radius 1 is 1.33 bits per heavy atom. The van der Waals surface area contributed by atoms with Crippen molar-refractivity contribution in [1.29, 1.82) is 0 Å². The van der Waals surface area contributed by atoms with Crippen LogP contribution in [0.4, 0.5) is 0 Å². The van der Waals surface area contributed by atoms with E-state index >= 15 is 0 Å². The fourth-order valence-electron chi connectivity index (χ4n) is 1.57. The second-order valence-electron chi connectivity index (χ2n) is 3.50. The summed E-state index contributed by atoms with van der Waals surface area (Å²) in [5, 5.41) is 1.16. The number of nitrogens with zero attached hydrogens (tertiary/aromatic N) is 1. The number of hydrogen-bond acceptors (Lipinski definition) is 3. The van der Waals surface area contributed by atoms with Gasteiger partial charge in [0.15, 0.2) is 0 Å². The van der Waals surface area contributed by atoms with Crippen molar-refractivity contribution in [3.05, 3.63) is 35.9 Å². The molecular weight excluding hydrogens is 206 g/mol. The molecule has 0 fully saturated rings. The first-order chi connectivity index (χ1) is 7.29. The fraction of sp³-hybridized carbons (Fsp3) is 0.333. The van der Waals surface area contributed by atoms with Crippen LogP contribution >= 0.6 is 11.8 Å². The zero-order chi connectivity index (χ0) is 10.7. The van der Waals surface area contributed by atoms with Gasteiger partial charge in [-0.15, -0.1) is 0 Å². The fourth-order valence-corrected chi connectivity index (χ4v) is 2.40. The van der Waals surface area contributed by atoms with Crippen molar-refractivity contribution in [1.82, 2.24) is 0 Å². The third-order valence-corrected chi connectivity index (χ3v) is 3.47. The highest BCUT2D eigenvalue weighted by atomic mass is 32.2. The number of benzene rings is 1. The van der Waals surface area contributed by atoms with E-state index in [1.54, 1.807) is 0 Å². The van der Waals surface area contributed by atoms with Crippen LogP contribution in [-0.4, -0.2) is 16.2 Å². The van der Waals surface area contributed by atoms with Gasteiger partial charge in [0.1, 0.15) is 6.04 Å². The molecule has 0 saturated heterocycles. The van der Waals surface area contributed by atoms with E-state index in [0.717, 1.165) is 17.9 Å². The average molecular weight is 219 g/mol. The Morgan fingerprint density at radius 2 is 2.07 bits per heavy atom. The molecule has 78 valence electrons. The smallest absolute Gasteiger partial charge is 0.219 e. The number of carbonyl (C=O) groups excluding carboxylic acids is 1. The summed E-state index contributed by atoms with van der Waals surface area (Å²) in [6.07, 6.45) is 1.60. The van der Waals surface area contributed by atoms with Crippen LogP contribution in [0, 0.1) is 0 Å². The van der Waals surface area contributed by atoms with Crippen LogP contribution in [0.3, 0.4) is 0 Å². The molecule has 0 aliphatic carbocycles. The lowest BCUT2D eigenvalue weighted by Gasteiger charge is -2.03. The molecular formula is C12H13NOS. The second-order valence-corrected chi connectivity index (χ2v) is 4.58. The summed E-state index contributed by atoms with van der Waals surface area (Å²) >= 11 is 1.30. The van der Waals surface area contributed by atoms with E-state index in [-0.39, 0.29) is 11.2 Å². The molecule has 0 N–H and O–H groups in total. The lowest BCUT2D eigenvalue weighted by Crippen LogP contribution is -2.13. The predicted octanol–water partition coefficient (Wildman–Crippen LogP) is 2.68. The summed E-state index contributed by atoms with van der Waals surface area (Å²) in [5.41, 5.74) is 1.18. The Balaban J connectivity index is 2.07. The van der Waals surface area contributed by atoms with Gasteiger partial charge in [-0.1, -0.05) is 37.3 Å². The number of carbonyl (C=O) groups is 1. The van der Waals surface area contributed by atoms with Crippen molar-refractivity contribution in [3.8, 4) is 0 Å². The van der Waals surface area contributed by atoms with E-state index in [2.05, 4.69) is 4.99 Å². The predicted molar refractivity (Wildman–Crippen MR) is 64.3 cm³/mol. The van der Waals surface area contributed by atoms with Gasteiger partial charge in [0.25, 0.3) is 0 Å². The van der Waals surface area contributed by atoms with Gasteiger partial charge < -0.3 is 0 Å². The van der Waals surface area contributed by atoms with E-state index in [1.165, 1.54) is 17.3 Å². The Labute approximate surface area is 93.8 Å². The molecule has 1 aromatic carbocycles. The lowest BCUT2D eigenvalue weighted by molar-refractivity contribution is -0.111. The molecule has 1 aliphatic rings. The van der Waals surface area contributed by atoms with E-state index in [0.29, 0.717) is 0 Å². The molecule has 0 saturated carbocycles. The lowest BCUT2D eigenvalue weighted by atomic mass is 10.1. The van der Waals surface area contributed by atoms with Gasteiger partial charge in [-0.3, -0.25) is 9.79 Å². The first kappa shape index (κ1) is 10.4. The van der Waals surface area contributed by atoms with Crippen molar-refractivity contribution < 1.29 is 4.79 Å². The Hall–Kier alpha value is -1.09. The van der Waals surface area contributed by atoms with Crippen molar-refractivity contribution >= 4 is 21.9 Å². The van der Waals surface area contributed by atoms with Crippen LogP contribution < -0.4 is 0 Å². The largest absolute Gasteiger partial charge is 0.284 e. The monoisotopic (exact) mass is 219 g/mol. The molecule has 0 radical (unpaired) electrons. The molecule has 2 nitrogen and oxygen atoms in total. The molecule has 0 aromatic heterocycles. The number of hydrogen-bond donors (Lipinski definition) is 0. The van der Waals surface area contributed by atoms with Crippen LogP contribution in [0.5, 0.6) is 0 Å². The molecule has 0 bridgehead atoms. The highest BCUT2D eigenvalue weighted by molar-refractivity contribution is 8.26. The Bertz CT molecular complexity index is 386. The van der Waals surface area contributed by atoms with Crippen molar-refractivity contribution in [2.24, 2.45) is 4.99 Å². The van der Waals surface area contributed by atoms with E-state index < -0.39 is 0 Å². The Morgan fingerprint density at radius 3 is 2.67 bits per heavy atom. The van der Waals surface area contributed by atoms with E-state index in [4.69, 9.17) is 0 Å². The van der Waals surface area contributed by atoms with Gasteiger partial charge in [-0.2, -0.15) is 0 Å².